The van der Waals surface area contributed by atoms with E-state index in [-0.39, 0.29) is 12.7 Å². The van der Waals surface area contributed by atoms with Crippen LogP contribution in [0.1, 0.15) is 6.42 Å². The van der Waals surface area contributed by atoms with Crippen molar-refractivity contribution in [1.82, 2.24) is 9.97 Å². The van der Waals surface area contributed by atoms with Crippen molar-refractivity contribution in [2.45, 2.75) is 12.5 Å². The van der Waals surface area contributed by atoms with E-state index in [0.717, 1.165) is 0 Å². The number of halogens is 2. The minimum Gasteiger partial charge on any atom is -0.486 e. The smallest absolute Gasteiger partial charge is 0.163 e. The normalized spacial score (nSPS) is 15.9. The lowest BCUT2D eigenvalue weighted by molar-refractivity contribution is 0.0707. The van der Waals surface area contributed by atoms with E-state index in [9.17, 15) is 4.39 Å². The summed E-state index contributed by atoms with van der Waals surface area (Å²) < 4.78 is 26.4. The van der Waals surface area contributed by atoms with Crippen molar-refractivity contribution in [2.24, 2.45) is 0 Å². The largest absolute Gasteiger partial charge is 0.486 e. The van der Waals surface area contributed by atoms with Gasteiger partial charge in [-0.15, -0.1) is 0 Å². The van der Waals surface area contributed by atoms with Crippen molar-refractivity contribution in [3.05, 3.63) is 46.9 Å². The van der Waals surface area contributed by atoms with E-state index in [2.05, 4.69) is 31.2 Å². The van der Waals surface area contributed by atoms with Crippen LogP contribution in [0.15, 0.2) is 41.1 Å². The number of aliphatic hydroxyl groups is 1. The molecule has 2 heterocycles. The lowest BCUT2D eigenvalue weighted by Gasteiger charge is -2.26. The fourth-order valence-corrected chi connectivity index (χ4v) is 3.10. The van der Waals surface area contributed by atoms with E-state index >= 15 is 0 Å². The van der Waals surface area contributed by atoms with Crippen LogP contribution < -0.4 is 14.8 Å². The molecular weight excluding hydrogens is 405 g/mol. The number of nitrogens with one attached hydrogen (secondary N) is 1. The summed E-state index contributed by atoms with van der Waals surface area (Å²) in [5.74, 6) is 1.21. The van der Waals surface area contributed by atoms with Gasteiger partial charge >= 0.3 is 0 Å². The first-order chi connectivity index (χ1) is 12.6. The SMILES string of the molecule is OCCC1COc2cc3ncnc(Nc4ccc(Br)cc4F)c3cc2O1. The molecule has 4 rings (SSSR count). The maximum Gasteiger partial charge on any atom is 0.163 e. The number of hydrogen-bond acceptors (Lipinski definition) is 6. The number of aromatic nitrogens is 2. The molecule has 1 unspecified atom stereocenters. The van der Waals surface area contributed by atoms with Gasteiger partial charge in [0.25, 0.3) is 0 Å². The van der Waals surface area contributed by atoms with Gasteiger partial charge in [0.1, 0.15) is 30.7 Å². The highest BCUT2D eigenvalue weighted by atomic mass is 79.9. The van der Waals surface area contributed by atoms with Crippen LogP contribution >= 0.6 is 15.9 Å². The summed E-state index contributed by atoms with van der Waals surface area (Å²) in [6.45, 7) is 0.398. The Morgan fingerprint density at radius 2 is 2.12 bits per heavy atom. The molecule has 0 amide bonds. The molecule has 26 heavy (non-hydrogen) atoms. The zero-order valence-corrected chi connectivity index (χ0v) is 15.2. The van der Waals surface area contributed by atoms with Crippen molar-refractivity contribution < 1.29 is 19.0 Å². The highest BCUT2D eigenvalue weighted by Crippen LogP contribution is 2.38. The Hall–Kier alpha value is -2.45. The monoisotopic (exact) mass is 419 g/mol. The van der Waals surface area contributed by atoms with Gasteiger partial charge in [0.05, 0.1) is 11.2 Å². The van der Waals surface area contributed by atoms with Gasteiger partial charge in [-0.05, 0) is 24.3 Å². The summed E-state index contributed by atoms with van der Waals surface area (Å²) in [5, 5.41) is 12.8. The molecule has 6 nitrogen and oxygen atoms in total. The van der Waals surface area contributed by atoms with Gasteiger partial charge < -0.3 is 19.9 Å². The fraction of sp³-hybridized carbons (Fsp3) is 0.222. The maximum absolute atomic E-state index is 14.1. The lowest BCUT2D eigenvalue weighted by atomic mass is 10.1. The Morgan fingerprint density at radius 1 is 1.23 bits per heavy atom. The van der Waals surface area contributed by atoms with Crippen LogP contribution in [0.2, 0.25) is 0 Å². The zero-order chi connectivity index (χ0) is 18.1. The maximum atomic E-state index is 14.1. The van der Waals surface area contributed by atoms with Crippen molar-refractivity contribution in [3.8, 4) is 11.5 Å². The lowest BCUT2D eigenvalue weighted by Crippen LogP contribution is -2.29. The molecule has 2 N–H and O–H groups in total. The molecule has 134 valence electrons. The van der Waals surface area contributed by atoms with Crippen molar-refractivity contribution in [3.63, 3.8) is 0 Å². The number of fused-ring (bicyclic) bond motifs is 2. The molecule has 3 aromatic rings. The van der Waals surface area contributed by atoms with Crippen LogP contribution in [0.4, 0.5) is 15.9 Å². The van der Waals surface area contributed by atoms with E-state index in [1.807, 2.05) is 0 Å². The molecule has 0 saturated heterocycles. The molecule has 0 bridgehead atoms. The Labute approximate surface area is 157 Å². The number of rotatable bonds is 4. The first-order valence-electron chi connectivity index (χ1n) is 8.05. The van der Waals surface area contributed by atoms with E-state index in [0.29, 0.717) is 51.4 Å². The summed E-state index contributed by atoms with van der Waals surface area (Å²) in [6.07, 6.45) is 1.68. The predicted molar refractivity (Wildman–Crippen MR) is 98.5 cm³/mol. The van der Waals surface area contributed by atoms with Gasteiger partial charge in [0.2, 0.25) is 0 Å². The molecule has 1 aliphatic rings. The second-order valence-corrected chi connectivity index (χ2v) is 6.77. The standard InChI is InChI=1S/C18H15BrFN3O3/c19-10-1-2-14(13(20)5-10)23-18-12-6-17-16(7-15(12)21-9-22-18)25-8-11(26-17)3-4-24/h1-2,5-7,9,11,24H,3-4,8H2,(H,21,22,23). The first-order valence-corrected chi connectivity index (χ1v) is 8.84. The summed E-state index contributed by atoms with van der Waals surface area (Å²) in [6, 6.07) is 8.29. The Balaban J connectivity index is 1.73. The highest BCUT2D eigenvalue weighted by molar-refractivity contribution is 9.10. The summed E-state index contributed by atoms with van der Waals surface area (Å²) in [7, 11) is 0. The molecule has 1 atom stereocenters. The van der Waals surface area contributed by atoms with Crippen LogP contribution in [0.25, 0.3) is 10.9 Å². The number of aliphatic hydroxyl groups excluding tert-OH is 1. The van der Waals surface area contributed by atoms with Gasteiger partial charge in [0.15, 0.2) is 11.5 Å². The third kappa shape index (κ3) is 3.30. The molecule has 2 aromatic carbocycles. The van der Waals surface area contributed by atoms with E-state index in [4.69, 9.17) is 14.6 Å². The van der Waals surface area contributed by atoms with Gasteiger partial charge in [-0.25, -0.2) is 14.4 Å². The number of anilines is 2. The summed E-state index contributed by atoms with van der Waals surface area (Å²) in [5.41, 5.74) is 0.962. The van der Waals surface area contributed by atoms with E-state index in [1.54, 1.807) is 24.3 Å². The van der Waals surface area contributed by atoms with Crippen LogP contribution in [0.5, 0.6) is 11.5 Å². The molecule has 0 saturated carbocycles. The second kappa shape index (κ2) is 7.05. The fourth-order valence-electron chi connectivity index (χ4n) is 2.77. The topological polar surface area (TPSA) is 76.5 Å². The van der Waals surface area contributed by atoms with Gasteiger partial charge in [-0.1, -0.05) is 15.9 Å². The first kappa shape index (κ1) is 17.0. The molecule has 0 radical (unpaired) electrons. The van der Waals surface area contributed by atoms with Crippen LogP contribution in [0, 0.1) is 5.82 Å². The average Bonchev–Trinajstić information content (AvgIpc) is 2.63. The van der Waals surface area contributed by atoms with Gasteiger partial charge in [0, 0.05) is 29.0 Å². The Morgan fingerprint density at radius 3 is 2.92 bits per heavy atom. The zero-order valence-electron chi connectivity index (χ0n) is 13.6. The predicted octanol–water partition coefficient (Wildman–Crippen LogP) is 3.80. The number of ether oxygens (including phenoxy) is 2. The van der Waals surface area contributed by atoms with Gasteiger partial charge in [-0.3, -0.25) is 0 Å². The minimum absolute atomic E-state index is 0.0235. The number of benzene rings is 2. The van der Waals surface area contributed by atoms with E-state index < -0.39 is 5.82 Å². The second-order valence-electron chi connectivity index (χ2n) is 5.85. The average molecular weight is 420 g/mol. The summed E-state index contributed by atoms with van der Waals surface area (Å²) >= 11 is 3.24. The molecule has 0 fully saturated rings. The van der Waals surface area contributed by atoms with Crippen molar-refractivity contribution in [1.29, 1.82) is 0 Å². The molecule has 8 heteroatoms. The third-order valence-corrected chi connectivity index (χ3v) is 4.55. The minimum atomic E-state index is -0.397. The van der Waals surface area contributed by atoms with Crippen molar-refractivity contribution in [2.75, 3.05) is 18.5 Å². The highest BCUT2D eigenvalue weighted by Gasteiger charge is 2.22. The number of hydrogen-bond donors (Lipinski definition) is 2. The summed E-state index contributed by atoms with van der Waals surface area (Å²) in [4.78, 5) is 8.49. The van der Waals surface area contributed by atoms with E-state index in [1.165, 1.54) is 12.4 Å². The third-order valence-electron chi connectivity index (χ3n) is 4.05. The van der Waals surface area contributed by atoms with Gasteiger partial charge in [-0.2, -0.15) is 0 Å². The molecule has 0 aliphatic carbocycles. The van der Waals surface area contributed by atoms with Crippen molar-refractivity contribution >= 4 is 38.3 Å². The Bertz CT molecular complexity index is 970. The Kier molecular flexibility index (Phi) is 4.60. The van der Waals surface area contributed by atoms with Crippen LogP contribution in [0.3, 0.4) is 0 Å². The van der Waals surface area contributed by atoms with Crippen LogP contribution in [-0.2, 0) is 0 Å². The molecule has 0 spiro atoms. The quantitative estimate of drug-likeness (QED) is 0.669. The number of nitrogens with zero attached hydrogens (tertiary/aromatic N) is 2. The molecular formula is C18H15BrFN3O3. The van der Waals surface area contributed by atoms with Crippen LogP contribution in [-0.4, -0.2) is 34.4 Å². The molecule has 1 aliphatic heterocycles. The molecule has 1 aromatic heterocycles.